The van der Waals surface area contributed by atoms with Crippen LogP contribution in [0.15, 0.2) is 0 Å². The summed E-state index contributed by atoms with van der Waals surface area (Å²) in [7, 11) is -9.94. The monoisotopic (exact) mass is 1650 g/mol. The number of rotatable bonds is 95. The summed E-state index contributed by atoms with van der Waals surface area (Å²) >= 11 is 0. The van der Waals surface area contributed by atoms with E-state index in [1.807, 2.05) is 0 Å². The van der Waals surface area contributed by atoms with Gasteiger partial charge in [-0.2, -0.15) is 0 Å². The number of hydrogen-bond acceptors (Lipinski definition) is 15. The van der Waals surface area contributed by atoms with Crippen molar-refractivity contribution in [2.45, 2.75) is 540 Å². The first-order valence-electron chi connectivity index (χ1n) is 48.8. The highest BCUT2D eigenvalue weighted by Crippen LogP contribution is 2.45. The van der Waals surface area contributed by atoms with Crippen molar-refractivity contribution < 1.29 is 80.2 Å². The Morgan fingerprint density at radius 2 is 0.354 bits per heavy atom. The normalized spacial score (nSPS) is 13.6. The molecule has 0 heterocycles. The zero-order valence-electron chi connectivity index (χ0n) is 74.4. The number of hydrogen-bond donors (Lipinski definition) is 3. The van der Waals surface area contributed by atoms with Crippen molar-refractivity contribution in [3.63, 3.8) is 0 Å². The Balaban J connectivity index is 5.23. The molecule has 672 valence electrons. The first kappa shape index (κ1) is 111. The van der Waals surface area contributed by atoms with Crippen LogP contribution in [0.5, 0.6) is 0 Å². The van der Waals surface area contributed by atoms with Gasteiger partial charge in [0.25, 0.3) is 0 Å². The van der Waals surface area contributed by atoms with E-state index in [0.717, 1.165) is 89.9 Å². The third kappa shape index (κ3) is 87.7. The highest BCUT2D eigenvalue weighted by molar-refractivity contribution is 7.47. The van der Waals surface area contributed by atoms with Crippen LogP contribution in [-0.2, 0) is 65.4 Å². The second-order valence-corrected chi connectivity index (χ2v) is 36.7. The molecule has 0 saturated carbocycles. The Morgan fingerprint density at radius 1 is 0.212 bits per heavy atom. The molecule has 0 aromatic heterocycles. The van der Waals surface area contributed by atoms with Crippen molar-refractivity contribution in [3.8, 4) is 0 Å². The van der Waals surface area contributed by atoms with Crippen molar-refractivity contribution in [3.05, 3.63) is 0 Å². The second kappa shape index (κ2) is 87.9. The van der Waals surface area contributed by atoms with Crippen LogP contribution in [0.2, 0.25) is 0 Å². The van der Waals surface area contributed by atoms with E-state index >= 15 is 0 Å². The van der Waals surface area contributed by atoms with Gasteiger partial charge in [-0.25, -0.2) is 9.13 Å². The molecule has 113 heavy (non-hydrogen) atoms. The Hall–Kier alpha value is -1.94. The number of ether oxygens (including phenoxy) is 4. The lowest BCUT2D eigenvalue weighted by Gasteiger charge is -2.21. The summed E-state index contributed by atoms with van der Waals surface area (Å²) < 4.78 is 69.2. The molecule has 17 nitrogen and oxygen atoms in total. The van der Waals surface area contributed by atoms with Gasteiger partial charge in [-0.3, -0.25) is 37.3 Å². The van der Waals surface area contributed by atoms with Gasteiger partial charge >= 0.3 is 39.5 Å². The predicted octanol–water partition coefficient (Wildman–Crippen LogP) is 29.6. The molecule has 0 amide bonds. The standard InChI is InChI=1S/C94H184O17P2/c1-5-9-13-17-21-25-29-33-36-39-42-44-45-48-51-54-57-61-65-69-73-77-81-94(99)111-90(85-105-92(97)79-75-71-67-63-59-55-52-49-47-43-40-37-34-30-26-22-18-14-10-6-2)87-109-113(102,103)107-83-88(95)82-106-112(100,101)108-86-89(84-104-91(96)78-74-70-66-62-58-32-28-24-20-16-12-8-4)110-93(98)80-76-72-68-64-60-56-53-50-46-41-38-35-31-27-23-19-15-11-7-3/h88-90,95H,5-87H2,1-4H3,(H,100,101)(H,102,103)/t88-,89+,90+/m0/s1. The number of carbonyl (C=O) groups excluding carboxylic acids is 4. The smallest absolute Gasteiger partial charge is 0.462 e. The number of aliphatic hydroxyl groups excluding tert-OH is 1. The number of aliphatic hydroxyl groups is 1. The van der Waals surface area contributed by atoms with Gasteiger partial charge in [0.15, 0.2) is 12.2 Å². The molecule has 3 N–H and O–H groups in total. The Morgan fingerprint density at radius 3 is 0.522 bits per heavy atom. The molecular weight excluding hydrogens is 1460 g/mol. The minimum Gasteiger partial charge on any atom is -0.462 e. The number of esters is 4. The van der Waals surface area contributed by atoms with Gasteiger partial charge in [0.2, 0.25) is 0 Å². The van der Waals surface area contributed by atoms with Crippen LogP contribution in [0.4, 0.5) is 0 Å². The van der Waals surface area contributed by atoms with Gasteiger partial charge < -0.3 is 33.8 Å². The quantitative estimate of drug-likeness (QED) is 0.0222. The van der Waals surface area contributed by atoms with E-state index in [9.17, 15) is 43.2 Å². The number of carbonyl (C=O) groups is 4. The van der Waals surface area contributed by atoms with Gasteiger partial charge in [0.1, 0.15) is 19.3 Å². The van der Waals surface area contributed by atoms with E-state index in [4.69, 9.17) is 37.0 Å². The number of phosphoric acid groups is 2. The van der Waals surface area contributed by atoms with E-state index < -0.39 is 97.5 Å². The Kier molecular flexibility index (Phi) is 86.4. The van der Waals surface area contributed by atoms with Gasteiger partial charge in [-0.05, 0) is 25.7 Å². The van der Waals surface area contributed by atoms with Crippen LogP contribution in [0.25, 0.3) is 0 Å². The molecule has 0 aromatic carbocycles. The van der Waals surface area contributed by atoms with Crippen LogP contribution >= 0.6 is 15.6 Å². The first-order chi connectivity index (χ1) is 55.2. The van der Waals surface area contributed by atoms with Crippen molar-refractivity contribution in [2.24, 2.45) is 0 Å². The van der Waals surface area contributed by atoms with Crippen LogP contribution in [-0.4, -0.2) is 96.7 Å². The SMILES string of the molecule is CCCCCCCCCCCCCCCCCCCCCCCCC(=O)O[C@H](COC(=O)CCCCCCCCCCCCCCCCCCCCCC)COP(=O)(O)OC[C@@H](O)COP(=O)(O)OC[C@@H](COC(=O)CCCCCCCCCCCCCC)OC(=O)CCCCCCCCCCCCCCCCCCCCC. The molecule has 5 atom stereocenters. The van der Waals surface area contributed by atoms with Gasteiger partial charge in [0.05, 0.1) is 26.4 Å². The maximum atomic E-state index is 13.2. The average Bonchev–Trinajstić information content (AvgIpc) is 0.897. The molecule has 0 bridgehead atoms. The predicted molar refractivity (Wildman–Crippen MR) is 469 cm³/mol. The average molecular weight is 1650 g/mol. The number of phosphoric ester groups is 2. The fourth-order valence-corrected chi connectivity index (χ4v) is 16.5. The zero-order chi connectivity index (χ0) is 82.4. The first-order valence-corrected chi connectivity index (χ1v) is 51.8. The number of unbranched alkanes of at least 4 members (excludes halogenated alkanes) is 69. The van der Waals surface area contributed by atoms with Crippen molar-refractivity contribution in [1.29, 1.82) is 0 Å². The summed E-state index contributed by atoms with van der Waals surface area (Å²) in [5.41, 5.74) is 0. The lowest BCUT2D eigenvalue weighted by Crippen LogP contribution is -2.30. The van der Waals surface area contributed by atoms with Gasteiger partial charge in [-0.1, -0.05) is 471 Å². The topological polar surface area (TPSA) is 237 Å². The maximum absolute atomic E-state index is 13.2. The molecule has 0 aliphatic heterocycles. The molecule has 19 heteroatoms. The largest absolute Gasteiger partial charge is 0.472 e. The third-order valence-corrected chi connectivity index (χ3v) is 24.3. The van der Waals surface area contributed by atoms with E-state index in [1.54, 1.807) is 0 Å². The van der Waals surface area contributed by atoms with E-state index in [-0.39, 0.29) is 25.7 Å². The van der Waals surface area contributed by atoms with E-state index in [0.29, 0.717) is 25.7 Å². The maximum Gasteiger partial charge on any atom is 0.472 e. The van der Waals surface area contributed by atoms with E-state index in [1.165, 1.54) is 353 Å². The van der Waals surface area contributed by atoms with Gasteiger partial charge in [-0.15, -0.1) is 0 Å². The summed E-state index contributed by atoms with van der Waals surface area (Å²) in [4.78, 5) is 73.5. The molecule has 0 aliphatic carbocycles. The summed E-state index contributed by atoms with van der Waals surface area (Å²) in [6.45, 7) is 5.10. The summed E-state index contributed by atoms with van der Waals surface area (Å²) in [6.07, 6.45) is 86.3. The van der Waals surface area contributed by atoms with Crippen LogP contribution in [0, 0.1) is 0 Å². The van der Waals surface area contributed by atoms with Gasteiger partial charge in [0, 0.05) is 25.7 Å². The molecule has 0 saturated heterocycles. The fraction of sp³-hybridized carbons (Fsp3) is 0.957. The fourth-order valence-electron chi connectivity index (χ4n) is 14.9. The Labute approximate surface area is 696 Å². The van der Waals surface area contributed by atoms with E-state index in [2.05, 4.69) is 27.7 Å². The summed E-state index contributed by atoms with van der Waals surface area (Å²) in [6, 6.07) is 0. The van der Waals surface area contributed by atoms with Crippen LogP contribution < -0.4 is 0 Å². The van der Waals surface area contributed by atoms with Crippen LogP contribution in [0.1, 0.15) is 522 Å². The molecule has 0 spiro atoms. The minimum absolute atomic E-state index is 0.110. The minimum atomic E-state index is -4.97. The summed E-state index contributed by atoms with van der Waals surface area (Å²) in [5, 5.41) is 10.7. The molecule has 0 radical (unpaired) electrons. The van der Waals surface area contributed by atoms with Crippen molar-refractivity contribution in [2.75, 3.05) is 39.6 Å². The van der Waals surface area contributed by atoms with Crippen molar-refractivity contribution >= 4 is 39.5 Å². The summed E-state index contributed by atoms with van der Waals surface area (Å²) in [5.74, 6) is -2.09. The lowest BCUT2D eigenvalue weighted by molar-refractivity contribution is -0.161. The zero-order valence-corrected chi connectivity index (χ0v) is 76.2. The van der Waals surface area contributed by atoms with Crippen LogP contribution in [0.3, 0.4) is 0 Å². The Bertz CT molecular complexity index is 2120. The molecule has 0 aromatic rings. The van der Waals surface area contributed by atoms with Crippen molar-refractivity contribution in [1.82, 2.24) is 0 Å². The lowest BCUT2D eigenvalue weighted by atomic mass is 10.0. The third-order valence-electron chi connectivity index (χ3n) is 22.4. The molecule has 0 rings (SSSR count). The highest BCUT2D eigenvalue weighted by Gasteiger charge is 2.31. The highest BCUT2D eigenvalue weighted by atomic mass is 31.2. The molecule has 2 unspecified atom stereocenters. The molecule has 0 fully saturated rings. The molecule has 0 aliphatic rings. The second-order valence-electron chi connectivity index (χ2n) is 33.8. The molecular formula is C94H184O17P2.